The number of amides is 4. The molecule has 286 valence electrons. The lowest BCUT2D eigenvalue weighted by Crippen LogP contribution is -2.50. The lowest BCUT2D eigenvalue weighted by atomic mass is 10.1. The van der Waals surface area contributed by atoms with Crippen molar-refractivity contribution in [2.24, 2.45) is 0 Å². The maximum atomic E-state index is 13.5. The summed E-state index contributed by atoms with van der Waals surface area (Å²) in [5.74, 6) is -2.20. The van der Waals surface area contributed by atoms with Gasteiger partial charge in [0.15, 0.2) is 0 Å². The van der Waals surface area contributed by atoms with Gasteiger partial charge in [0.1, 0.15) is 31.4 Å². The summed E-state index contributed by atoms with van der Waals surface area (Å²) in [6, 6.07) is 15.8. The van der Waals surface area contributed by atoms with Crippen molar-refractivity contribution in [2.75, 3.05) is 19.7 Å². The molecule has 2 aromatic carbocycles. The number of carboxylic acids is 1. The van der Waals surface area contributed by atoms with E-state index in [1.54, 1.807) is 12.1 Å². The number of rotatable bonds is 22. The molecule has 4 N–H and O–H groups in total. The Kier molecular flexibility index (Phi) is 18.7. The second kappa shape index (κ2) is 23.2. The highest BCUT2D eigenvalue weighted by atomic mass is 31.1. The molecule has 15 nitrogen and oxygen atoms in total. The first-order valence-electron chi connectivity index (χ1n) is 17.7. The smallest absolute Gasteiger partial charge is 0.408 e. The van der Waals surface area contributed by atoms with E-state index in [0.717, 1.165) is 17.5 Å². The average Bonchev–Trinajstić information content (AvgIpc) is 3.65. The predicted molar refractivity (Wildman–Crippen MR) is 191 cm³/mol. The van der Waals surface area contributed by atoms with E-state index in [0.29, 0.717) is 38.5 Å². The monoisotopic (exact) mass is 746 g/mol. The first kappa shape index (κ1) is 42.0. The summed E-state index contributed by atoms with van der Waals surface area (Å²) in [6.07, 6.45) is 1.50. The number of carboxylic acid groups (broad SMARTS) is 1. The predicted octanol–water partition coefficient (Wildman–Crippen LogP) is 4.94. The number of hydrogen-bond donors (Lipinski definition) is 4. The highest BCUT2D eigenvalue weighted by molar-refractivity contribution is 7.33. The molecule has 4 amide bonds. The zero-order valence-corrected chi connectivity index (χ0v) is 30.8. The minimum atomic E-state index is -3.20. The van der Waals surface area contributed by atoms with Gasteiger partial charge in [-0.05, 0) is 56.6 Å². The van der Waals surface area contributed by atoms with Crippen LogP contribution < -0.4 is 16.0 Å². The molecule has 1 heterocycles. The third-order valence-corrected chi connectivity index (χ3v) is 9.27. The van der Waals surface area contributed by atoms with E-state index in [2.05, 4.69) is 16.0 Å². The van der Waals surface area contributed by atoms with Gasteiger partial charge in [-0.3, -0.25) is 18.7 Å². The van der Waals surface area contributed by atoms with E-state index in [1.807, 2.05) is 55.5 Å². The minimum absolute atomic E-state index is 0.00687. The van der Waals surface area contributed by atoms with Gasteiger partial charge in [0, 0.05) is 13.1 Å². The van der Waals surface area contributed by atoms with Gasteiger partial charge in [0.2, 0.25) is 5.91 Å². The molecule has 2 unspecified atom stereocenters. The number of benzene rings is 2. The van der Waals surface area contributed by atoms with E-state index in [9.17, 15) is 33.6 Å². The number of nitrogens with one attached hydrogen (secondary N) is 3. The molecule has 0 bridgehead atoms. The molecular weight excluding hydrogens is 695 g/mol. The fourth-order valence-electron chi connectivity index (χ4n) is 5.48. The largest absolute Gasteiger partial charge is 0.480 e. The maximum Gasteiger partial charge on any atom is 0.408 e. The summed E-state index contributed by atoms with van der Waals surface area (Å²) >= 11 is 0. The fourth-order valence-corrected chi connectivity index (χ4v) is 6.28. The van der Waals surface area contributed by atoms with Crippen molar-refractivity contribution in [1.82, 2.24) is 20.9 Å². The van der Waals surface area contributed by atoms with Crippen LogP contribution in [0.4, 0.5) is 9.59 Å². The van der Waals surface area contributed by atoms with Crippen LogP contribution in [0.5, 0.6) is 0 Å². The second-order valence-corrected chi connectivity index (χ2v) is 13.5. The number of unbranched alkanes of at least 4 members (excludes halogenated alkanes) is 2. The van der Waals surface area contributed by atoms with Gasteiger partial charge in [-0.1, -0.05) is 80.4 Å². The van der Waals surface area contributed by atoms with Crippen molar-refractivity contribution in [2.45, 2.75) is 103 Å². The minimum Gasteiger partial charge on any atom is -0.480 e. The van der Waals surface area contributed by atoms with E-state index in [1.165, 1.54) is 11.8 Å². The fraction of sp³-hybridized carbons (Fsp3) is 0.528. The first-order valence-corrected chi connectivity index (χ1v) is 18.9. The van der Waals surface area contributed by atoms with E-state index in [-0.39, 0.29) is 39.3 Å². The summed E-state index contributed by atoms with van der Waals surface area (Å²) in [4.78, 5) is 63.9. The molecule has 0 radical (unpaired) electrons. The van der Waals surface area contributed by atoms with Crippen LogP contribution in [0.25, 0.3) is 0 Å². The van der Waals surface area contributed by atoms with Crippen LogP contribution in [0.2, 0.25) is 0 Å². The van der Waals surface area contributed by atoms with Crippen LogP contribution in [0.3, 0.4) is 0 Å². The molecule has 0 spiro atoms. The third-order valence-electron chi connectivity index (χ3n) is 8.32. The molecule has 1 aliphatic heterocycles. The molecule has 0 aromatic heterocycles. The lowest BCUT2D eigenvalue weighted by molar-refractivity contribution is -0.151. The highest BCUT2D eigenvalue weighted by Crippen LogP contribution is 2.29. The van der Waals surface area contributed by atoms with Gasteiger partial charge in [-0.15, -0.1) is 0 Å². The molecule has 1 aliphatic rings. The molecule has 0 saturated carbocycles. The Labute approximate surface area is 305 Å². The summed E-state index contributed by atoms with van der Waals surface area (Å²) in [5, 5.41) is 17.6. The van der Waals surface area contributed by atoms with Gasteiger partial charge in [-0.25, -0.2) is 14.4 Å². The number of aliphatic carboxylic acids is 1. The van der Waals surface area contributed by atoms with Gasteiger partial charge < -0.3 is 40.0 Å². The van der Waals surface area contributed by atoms with Crippen molar-refractivity contribution in [3.05, 3.63) is 71.8 Å². The molecule has 16 heteroatoms. The molecule has 0 aliphatic carbocycles. The third kappa shape index (κ3) is 15.4. The number of alkyl carbamates (subject to hydrolysis) is 2. The van der Waals surface area contributed by atoms with E-state index in [4.69, 9.17) is 18.5 Å². The van der Waals surface area contributed by atoms with Crippen LogP contribution in [0, 0.1) is 0 Å². The lowest BCUT2D eigenvalue weighted by Gasteiger charge is -2.25. The van der Waals surface area contributed by atoms with Gasteiger partial charge >= 0.3 is 26.4 Å². The van der Waals surface area contributed by atoms with Gasteiger partial charge in [0.25, 0.3) is 5.91 Å². The van der Waals surface area contributed by atoms with Gasteiger partial charge in [0.05, 0.1) is 12.6 Å². The van der Waals surface area contributed by atoms with E-state index < -0.39 is 62.5 Å². The molecule has 5 atom stereocenters. The Morgan fingerprint density at radius 1 is 0.885 bits per heavy atom. The van der Waals surface area contributed by atoms with Crippen molar-refractivity contribution in [3.8, 4) is 0 Å². The van der Waals surface area contributed by atoms with Crippen LogP contribution in [0.15, 0.2) is 60.7 Å². The van der Waals surface area contributed by atoms with E-state index >= 15 is 0 Å². The van der Waals surface area contributed by atoms with Gasteiger partial charge in [-0.2, -0.15) is 0 Å². The molecule has 1 saturated heterocycles. The summed E-state index contributed by atoms with van der Waals surface area (Å²) in [5.41, 5.74) is 1.63. The normalized spacial score (nSPS) is 16.2. The summed E-state index contributed by atoms with van der Waals surface area (Å²) in [7, 11) is -3.20. The van der Waals surface area contributed by atoms with Crippen LogP contribution in [-0.4, -0.2) is 83.9 Å². The van der Waals surface area contributed by atoms with Crippen molar-refractivity contribution in [1.29, 1.82) is 0 Å². The molecule has 52 heavy (non-hydrogen) atoms. The Morgan fingerprint density at radius 2 is 1.52 bits per heavy atom. The number of carbonyl (C=O) groups excluding carboxylic acids is 4. The topological polar surface area (TPSA) is 199 Å². The average molecular weight is 747 g/mol. The molecule has 1 fully saturated rings. The number of ether oxygens (including phenoxy) is 2. The SMILES string of the molecule is CCCCC(CO[PH](=O)O[C@@H](C)C(=O)N1CCC[C@H]1C(=O)O)NC(=O)[C@H](CCCCNC(=O)OCc1ccccc1)NC(=O)OCc1ccccc1. The summed E-state index contributed by atoms with van der Waals surface area (Å²) in [6.45, 7) is 3.87. The Balaban J connectivity index is 1.53. The zero-order valence-electron chi connectivity index (χ0n) is 29.8. The number of hydrogen-bond acceptors (Lipinski definition) is 10. The Bertz CT molecular complexity index is 1450. The quantitative estimate of drug-likeness (QED) is 0.0940. The van der Waals surface area contributed by atoms with Crippen LogP contribution >= 0.6 is 8.25 Å². The second-order valence-electron chi connectivity index (χ2n) is 12.4. The Morgan fingerprint density at radius 3 is 2.13 bits per heavy atom. The van der Waals surface area contributed by atoms with Crippen molar-refractivity contribution >= 4 is 38.2 Å². The van der Waals surface area contributed by atoms with Crippen LogP contribution in [-0.2, 0) is 50.7 Å². The zero-order chi connectivity index (χ0) is 37.7. The van der Waals surface area contributed by atoms with Crippen molar-refractivity contribution in [3.63, 3.8) is 0 Å². The number of carbonyl (C=O) groups is 5. The molecule has 3 rings (SSSR count). The van der Waals surface area contributed by atoms with Crippen molar-refractivity contribution < 1.29 is 52.2 Å². The number of likely N-dealkylation sites (tertiary alicyclic amines) is 1. The van der Waals surface area contributed by atoms with Crippen LogP contribution in [0.1, 0.15) is 76.3 Å². The summed E-state index contributed by atoms with van der Waals surface area (Å²) < 4.78 is 34.1. The Hall–Kier alpha value is -4.46. The highest BCUT2D eigenvalue weighted by Gasteiger charge is 2.36. The molecular formula is C36H51N4O11P. The standard InChI is InChI=1S/C36H51N4O11P/c1-3-4-18-29(25-50-52(47)51-26(2)33(42)40-22-13-20-31(40)34(43)44)38-32(41)30(39-36(46)49-24-28-16-9-6-10-17-28)19-11-12-21-37-35(45)48-23-27-14-7-5-8-15-27/h5-10,14-17,26,29-31,52H,3-4,11-13,18-25H2,1-2H3,(H,37,45)(H,38,41)(H,39,46)(H,43,44)/t26-,29?,30-,31-/m0/s1. The number of nitrogens with zero attached hydrogens (tertiary/aromatic N) is 1. The first-order chi connectivity index (χ1) is 25.1. The maximum absolute atomic E-state index is 13.5. The molecule has 2 aromatic rings.